The van der Waals surface area contributed by atoms with E-state index in [0.717, 1.165) is 44.7 Å². The maximum atomic E-state index is 10.3. The van der Waals surface area contributed by atoms with Gasteiger partial charge >= 0.3 is 0 Å². The van der Waals surface area contributed by atoms with Crippen LogP contribution in [0.4, 0.5) is 5.88 Å². The van der Waals surface area contributed by atoms with Crippen molar-refractivity contribution >= 4 is 17.9 Å². The minimum absolute atomic E-state index is 0.541. The van der Waals surface area contributed by atoms with Gasteiger partial charge < -0.3 is 24.1 Å². The van der Waals surface area contributed by atoms with Gasteiger partial charge in [-0.15, -0.1) is 0 Å². The summed E-state index contributed by atoms with van der Waals surface area (Å²) in [5, 5.41) is 10.3. The molecule has 5 heteroatoms. The van der Waals surface area contributed by atoms with Gasteiger partial charge in [0.05, 0.1) is 38.7 Å². The molecule has 18 heavy (non-hydrogen) atoms. The Kier molecular flexibility index (Phi) is 4.04. The van der Waals surface area contributed by atoms with Crippen LogP contribution in [-0.4, -0.2) is 38.7 Å². The maximum absolute atomic E-state index is 10.3. The third-order valence-corrected chi connectivity index (χ3v) is 3.28. The SMILES string of the molecule is CC[NH+]1CCN(c2ccc(/C=C/C(=O)[O-])o2)CC1. The van der Waals surface area contributed by atoms with Crippen LogP contribution in [0, 0.1) is 0 Å². The van der Waals surface area contributed by atoms with Crippen molar-refractivity contribution in [2.45, 2.75) is 6.92 Å². The third-order valence-electron chi connectivity index (χ3n) is 3.28. The van der Waals surface area contributed by atoms with Crippen molar-refractivity contribution in [2.24, 2.45) is 0 Å². The van der Waals surface area contributed by atoms with Gasteiger partial charge in [0.1, 0.15) is 5.76 Å². The molecule has 0 spiro atoms. The molecule has 0 amide bonds. The van der Waals surface area contributed by atoms with Crippen LogP contribution in [0.25, 0.3) is 6.08 Å². The van der Waals surface area contributed by atoms with Gasteiger partial charge in [0.25, 0.3) is 0 Å². The van der Waals surface area contributed by atoms with Gasteiger partial charge in [-0.3, -0.25) is 0 Å². The molecule has 1 fully saturated rings. The Bertz CT molecular complexity index is 431. The number of aliphatic carboxylic acids is 1. The van der Waals surface area contributed by atoms with Crippen LogP contribution in [-0.2, 0) is 4.79 Å². The lowest BCUT2D eigenvalue weighted by atomic mass is 10.3. The van der Waals surface area contributed by atoms with E-state index in [9.17, 15) is 9.90 Å². The summed E-state index contributed by atoms with van der Waals surface area (Å²) in [7, 11) is 0. The van der Waals surface area contributed by atoms with Gasteiger partial charge in [-0.1, -0.05) is 0 Å². The summed E-state index contributed by atoms with van der Waals surface area (Å²) < 4.78 is 5.58. The molecule has 1 aromatic rings. The smallest absolute Gasteiger partial charge is 0.196 e. The second kappa shape index (κ2) is 5.73. The highest BCUT2D eigenvalue weighted by atomic mass is 16.4. The van der Waals surface area contributed by atoms with E-state index in [4.69, 9.17) is 4.42 Å². The monoisotopic (exact) mass is 250 g/mol. The minimum atomic E-state index is -1.21. The van der Waals surface area contributed by atoms with Crippen LogP contribution in [0.3, 0.4) is 0 Å². The first-order valence-corrected chi connectivity index (χ1v) is 6.26. The standard InChI is InChI=1S/C13H18N2O3/c1-2-14-7-9-15(10-8-14)12-5-3-11(18-12)4-6-13(16)17/h3-6H,2,7-10H2,1H3,(H,16,17)/b6-4+. The van der Waals surface area contributed by atoms with Crippen LogP contribution in [0.2, 0.25) is 0 Å². The number of carbonyl (C=O) groups is 1. The molecule has 0 unspecified atom stereocenters. The number of rotatable bonds is 4. The molecule has 0 radical (unpaired) electrons. The topological polar surface area (TPSA) is 61.0 Å². The lowest BCUT2D eigenvalue weighted by Gasteiger charge is -2.31. The van der Waals surface area contributed by atoms with Crippen LogP contribution in [0.15, 0.2) is 22.6 Å². The molecule has 0 saturated carbocycles. The Hall–Kier alpha value is -1.75. The molecule has 0 aliphatic carbocycles. The highest BCUT2D eigenvalue weighted by Crippen LogP contribution is 2.19. The van der Waals surface area contributed by atoms with Crippen LogP contribution in [0.1, 0.15) is 12.7 Å². The summed E-state index contributed by atoms with van der Waals surface area (Å²) >= 11 is 0. The van der Waals surface area contributed by atoms with Crippen molar-refractivity contribution in [3.8, 4) is 0 Å². The summed E-state index contributed by atoms with van der Waals surface area (Å²) in [6.07, 6.45) is 2.38. The molecule has 1 N–H and O–H groups in total. The van der Waals surface area contributed by atoms with Gasteiger partial charge in [0.2, 0.25) is 0 Å². The molecule has 5 nitrogen and oxygen atoms in total. The maximum Gasteiger partial charge on any atom is 0.196 e. The van der Waals surface area contributed by atoms with Gasteiger partial charge in [-0.05, 0) is 25.1 Å². The van der Waals surface area contributed by atoms with Gasteiger partial charge in [-0.2, -0.15) is 0 Å². The zero-order valence-corrected chi connectivity index (χ0v) is 10.5. The van der Waals surface area contributed by atoms with Gasteiger partial charge in [0, 0.05) is 6.07 Å². The average Bonchev–Trinajstić information content (AvgIpc) is 2.85. The number of carboxylic acids is 1. The second-order valence-corrected chi connectivity index (χ2v) is 4.42. The first kappa shape index (κ1) is 12.7. The molecule has 2 rings (SSSR count). The molecule has 0 atom stereocenters. The zero-order valence-electron chi connectivity index (χ0n) is 10.5. The fourth-order valence-electron chi connectivity index (χ4n) is 2.15. The number of nitrogens with one attached hydrogen (secondary N) is 1. The number of hydrogen-bond acceptors (Lipinski definition) is 4. The lowest BCUT2D eigenvalue weighted by Crippen LogP contribution is -3.14. The number of likely N-dealkylation sites (N-methyl/N-ethyl adjacent to an activating group) is 1. The van der Waals surface area contributed by atoms with E-state index in [1.54, 1.807) is 11.0 Å². The van der Waals surface area contributed by atoms with E-state index >= 15 is 0 Å². The molecule has 0 aromatic carbocycles. The predicted molar refractivity (Wildman–Crippen MR) is 66.2 cm³/mol. The minimum Gasteiger partial charge on any atom is -0.545 e. The van der Waals surface area contributed by atoms with E-state index in [2.05, 4.69) is 11.8 Å². The predicted octanol–water partition coefficient (Wildman–Crippen LogP) is -1.23. The Morgan fingerprint density at radius 2 is 2.22 bits per heavy atom. The molecule has 1 aliphatic rings. The first-order valence-electron chi connectivity index (χ1n) is 6.26. The van der Waals surface area contributed by atoms with Crippen molar-refractivity contribution in [1.82, 2.24) is 0 Å². The second-order valence-electron chi connectivity index (χ2n) is 4.42. The van der Waals surface area contributed by atoms with Crippen LogP contribution >= 0.6 is 0 Å². The Morgan fingerprint density at radius 1 is 1.50 bits per heavy atom. The molecule has 1 saturated heterocycles. The lowest BCUT2D eigenvalue weighted by molar-refractivity contribution is -0.898. The summed E-state index contributed by atoms with van der Waals surface area (Å²) in [6.45, 7) is 7.52. The Labute approximate surface area is 106 Å². The number of anilines is 1. The van der Waals surface area contributed by atoms with E-state index < -0.39 is 5.97 Å². The number of furan rings is 1. The van der Waals surface area contributed by atoms with Crippen molar-refractivity contribution in [3.63, 3.8) is 0 Å². The van der Waals surface area contributed by atoms with Crippen molar-refractivity contribution in [1.29, 1.82) is 0 Å². The number of carbonyl (C=O) groups excluding carboxylic acids is 1. The fourth-order valence-corrected chi connectivity index (χ4v) is 2.15. The highest BCUT2D eigenvalue weighted by molar-refractivity contribution is 5.83. The molecular formula is C13H18N2O3. The quantitative estimate of drug-likeness (QED) is 0.680. The molecular weight excluding hydrogens is 232 g/mol. The van der Waals surface area contributed by atoms with E-state index in [1.165, 1.54) is 6.08 Å². The van der Waals surface area contributed by atoms with Crippen LogP contribution in [0.5, 0.6) is 0 Å². The van der Waals surface area contributed by atoms with Gasteiger partial charge in [0.15, 0.2) is 5.88 Å². The van der Waals surface area contributed by atoms with Crippen molar-refractivity contribution in [2.75, 3.05) is 37.6 Å². The first-order chi connectivity index (χ1) is 8.69. The average molecular weight is 250 g/mol. The Morgan fingerprint density at radius 3 is 2.83 bits per heavy atom. The largest absolute Gasteiger partial charge is 0.545 e. The van der Waals surface area contributed by atoms with Gasteiger partial charge in [-0.25, -0.2) is 0 Å². The van der Waals surface area contributed by atoms with E-state index in [1.807, 2.05) is 6.07 Å². The molecule has 2 heterocycles. The number of hydrogen-bond donors (Lipinski definition) is 1. The molecule has 0 bridgehead atoms. The normalized spacial score (nSPS) is 17.5. The van der Waals surface area contributed by atoms with E-state index in [0.29, 0.717) is 5.76 Å². The summed E-state index contributed by atoms with van der Waals surface area (Å²) in [6, 6.07) is 3.65. The number of nitrogens with zero attached hydrogens (tertiary/aromatic N) is 1. The summed E-state index contributed by atoms with van der Waals surface area (Å²) in [5.74, 6) is 0.135. The summed E-state index contributed by atoms with van der Waals surface area (Å²) in [4.78, 5) is 14.1. The summed E-state index contributed by atoms with van der Waals surface area (Å²) in [5.41, 5.74) is 0. The van der Waals surface area contributed by atoms with Crippen LogP contribution < -0.4 is 14.9 Å². The molecule has 1 aliphatic heterocycles. The number of carboxylic acid groups (broad SMARTS) is 1. The third kappa shape index (κ3) is 3.13. The Balaban J connectivity index is 1.96. The number of quaternary nitrogens is 1. The fraction of sp³-hybridized carbons (Fsp3) is 0.462. The van der Waals surface area contributed by atoms with E-state index in [-0.39, 0.29) is 0 Å². The number of piperazine rings is 1. The molecule has 1 aromatic heterocycles. The van der Waals surface area contributed by atoms with Crippen molar-refractivity contribution in [3.05, 3.63) is 24.0 Å². The molecule has 98 valence electrons. The highest BCUT2D eigenvalue weighted by Gasteiger charge is 2.20. The van der Waals surface area contributed by atoms with Crippen molar-refractivity contribution < 1.29 is 19.2 Å². The zero-order chi connectivity index (χ0) is 13.0.